The Kier molecular flexibility index (Phi) is 3.76. The molecule has 1 amide bonds. The van der Waals surface area contributed by atoms with Crippen molar-refractivity contribution in [1.29, 1.82) is 0 Å². The normalized spacial score (nSPS) is 17.7. The molecule has 2 N–H and O–H groups in total. The lowest BCUT2D eigenvalue weighted by atomic mass is 10.2. The van der Waals surface area contributed by atoms with Gasteiger partial charge in [-0.05, 0) is 31.9 Å². The summed E-state index contributed by atoms with van der Waals surface area (Å²) >= 11 is 0. The molecule has 1 saturated heterocycles. The first kappa shape index (κ1) is 14.9. The number of carbonyl (C=O) groups is 1. The van der Waals surface area contributed by atoms with Crippen molar-refractivity contribution in [2.75, 3.05) is 6.54 Å². The number of aromatic nitrogens is 5. The summed E-state index contributed by atoms with van der Waals surface area (Å²) < 4.78 is 0. The molecule has 0 aliphatic carbocycles. The van der Waals surface area contributed by atoms with E-state index in [4.69, 9.17) is 0 Å². The Labute approximate surface area is 139 Å². The fourth-order valence-corrected chi connectivity index (χ4v) is 3.34. The van der Waals surface area contributed by atoms with Gasteiger partial charge in [0.05, 0.1) is 17.1 Å². The van der Waals surface area contributed by atoms with E-state index in [1.807, 2.05) is 36.1 Å². The number of hydrogen-bond donors (Lipinski definition) is 2. The van der Waals surface area contributed by atoms with Crippen molar-refractivity contribution >= 4 is 16.9 Å². The Morgan fingerprint density at radius 1 is 1.33 bits per heavy atom. The number of nitrogens with zero attached hydrogens (tertiary/aromatic N) is 4. The highest BCUT2D eigenvalue weighted by molar-refractivity contribution is 5.78. The van der Waals surface area contributed by atoms with Gasteiger partial charge in [0.1, 0.15) is 11.6 Å². The lowest BCUT2D eigenvalue weighted by molar-refractivity contribution is -0.132. The summed E-state index contributed by atoms with van der Waals surface area (Å²) in [6.45, 7) is 2.65. The molecule has 1 fully saturated rings. The van der Waals surface area contributed by atoms with E-state index in [-0.39, 0.29) is 11.9 Å². The summed E-state index contributed by atoms with van der Waals surface area (Å²) in [5.41, 5.74) is 1.95. The van der Waals surface area contributed by atoms with Crippen molar-refractivity contribution in [3.63, 3.8) is 0 Å². The number of fused-ring (bicyclic) bond motifs is 1. The van der Waals surface area contributed by atoms with Gasteiger partial charge in [-0.25, -0.2) is 9.97 Å². The number of aromatic amines is 2. The van der Waals surface area contributed by atoms with E-state index >= 15 is 0 Å². The van der Waals surface area contributed by atoms with Crippen LogP contribution in [0.1, 0.15) is 42.8 Å². The molecule has 1 aromatic carbocycles. The van der Waals surface area contributed by atoms with Crippen molar-refractivity contribution in [2.24, 2.45) is 0 Å². The first-order valence-electron chi connectivity index (χ1n) is 8.33. The maximum atomic E-state index is 12.6. The van der Waals surface area contributed by atoms with Gasteiger partial charge in [0.2, 0.25) is 5.91 Å². The minimum atomic E-state index is -0.00174. The van der Waals surface area contributed by atoms with Crippen LogP contribution in [0, 0.1) is 6.92 Å². The molecule has 3 heterocycles. The van der Waals surface area contributed by atoms with Gasteiger partial charge < -0.3 is 9.88 Å². The minimum Gasteiger partial charge on any atom is -0.342 e. The van der Waals surface area contributed by atoms with Crippen molar-refractivity contribution in [3.05, 3.63) is 41.7 Å². The zero-order valence-corrected chi connectivity index (χ0v) is 13.6. The third kappa shape index (κ3) is 2.77. The van der Waals surface area contributed by atoms with E-state index in [1.54, 1.807) is 0 Å². The number of benzene rings is 1. The minimum absolute atomic E-state index is 0.00174. The van der Waals surface area contributed by atoms with Crippen molar-refractivity contribution in [3.8, 4) is 0 Å². The Morgan fingerprint density at radius 2 is 2.21 bits per heavy atom. The topological polar surface area (TPSA) is 90.6 Å². The maximum Gasteiger partial charge on any atom is 0.223 e. The number of amides is 1. The molecule has 3 aromatic rings. The van der Waals surface area contributed by atoms with Crippen LogP contribution < -0.4 is 0 Å². The van der Waals surface area contributed by atoms with Crippen LogP contribution in [0.5, 0.6) is 0 Å². The number of likely N-dealkylation sites (tertiary alicyclic amines) is 1. The zero-order chi connectivity index (χ0) is 16.5. The number of para-hydroxylation sites is 2. The quantitative estimate of drug-likeness (QED) is 0.770. The summed E-state index contributed by atoms with van der Waals surface area (Å²) in [6, 6.07) is 7.90. The van der Waals surface area contributed by atoms with Crippen LogP contribution in [-0.4, -0.2) is 42.5 Å². The summed E-state index contributed by atoms with van der Waals surface area (Å²) in [5, 5.41) is 7.09. The molecule has 0 spiro atoms. The van der Waals surface area contributed by atoms with Crippen LogP contribution in [-0.2, 0) is 11.2 Å². The lowest BCUT2D eigenvalue weighted by Gasteiger charge is -2.22. The Hall–Kier alpha value is -2.70. The van der Waals surface area contributed by atoms with Crippen molar-refractivity contribution in [1.82, 2.24) is 30.0 Å². The Balaban J connectivity index is 1.43. The molecule has 1 atom stereocenters. The highest BCUT2D eigenvalue weighted by Crippen LogP contribution is 2.30. The van der Waals surface area contributed by atoms with Gasteiger partial charge in [0.15, 0.2) is 5.82 Å². The Bertz CT molecular complexity index is 834. The third-order valence-corrected chi connectivity index (χ3v) is 4.50. The second kappa shape index (κ2) is 6.07. The van der Waals surface area contributed by atoms with Crippen molar-refractivity contribution in [2.45, 2.75) is 38.6 Å². The molecule has 0 radical (unpaired) electrons. The largest absolute Gasteiger partial charge is 0.342 e. The molecule has 124 valence electrons. The number of imidazole rings is 1. The van der Waals surface area contributed by atoms with Crippen LogP contribution in [0.2, 0.25) is 0 Å². The van der Waals surface area contributed by atoms with Crippen LogP contribution in [0.4, 0.5) is 0 Å². The highest BCUT2D eigenvalue weighted by Gasteiger charge is 2.32. The molecule has 0 bridgehead atoms. The maximum absolute atomic E-state index is 12.6. The summed E-state index contributed by atoms with van der Waals surface area (Å²) in [4.78, 5) is 26.8. The fraction of sp³-hybridized carbons (Fsp3) is 0.412. The number of rotatable bonds is 4. The molecule has 0 unspecified atom stereocenters. The molecule has 24 heavy (non-hydrogen) atoms. The first-order valence-corrected chi connectivity index (χ1v) is 8.33. The van der Waals surface area contributed by atoms with Gasteiger partial charge in [-0.1, -0.05) is 12.1 Å². The van der Waals surface area contributed by atoms with E-state index in [0.717, 1.165) is 47.9 Å². The molecule has 2 aromatic heterocycles. The molecule has 1 aliphatic heterocycles. The molecular formula is C17H20N6O. The first-order chi connectivity index (χ1) is 11.7. The SMILES string of the molecule is Cc1nc([C@H]2CCCN2C(=O)CCc2nc3ccccc3[nH]2)n[nH]1. The van der Waals surface area contributed by atoms with Gasteiger partial charge in [0, 0.05) is 19.4 Å². The van der Waals surface area contributed by atoms with E-state index < -0.39 is 0 Å². The lowest BCUT2D eigenvalue weighted by Crippen LogP contribution is -2.31. The van der Waals surface area contributed by atoms with E-state index in [2.05, 4.69) is 25.1 Å². The van der Waals surface area contributed by atoms with Gasteiger partial charge >= 0.3 is 0 Å². The van der Waals surface area contributed by atoms with Gasteiger partial charge in [0.25, 0.3) is 0 Å². The molecule has 7 heteroatoms. The number of nitrogens with one attached hydrogen (secondary N) is 2. The molecule has 1 aliphatic rings. The van der Waals surface area contributed by atoms with Crippen molar-refractivity contribution < 1.29 is 4.79 Å². The van der Waals surface area contributed by atoms with Gasteiger partial charge in [-0.2, -0.15) is 5.10 Å². The number of H-pyrrole nitrogens is 2. The van der Waals surface area contributed by atoms with Crippen LogP contribution in [0.25, 0.3) is 11.0 Å². The molecular weight excluding hydrogens is 304 g/mol. The van der Waals surface area contributed by atoms with Crippen LogP contribution >= 0.6 is 0 Å². The predicted molar refractivity (Wildman–Crippen MR) is 89.2 cm³/mol. The second-order valence-electron chi connectivity index (χ2n) is 6.22. The standard InChI is InChI=1S/C17H20N6O/c1-11-18-17(22-21-11)14-7-4-10-23(14)16(24)9-8-15-19-12-5-2-3-6-13(12)20-15/h2-3,5-6,14H,4,7-10H2,1H3,(H,19,20)(H,18,21,22)/t14-/m1/s1. The monoisotopic (exact) mass is 324 g/mol. The van der Waals surface area contributed by atoms with E-state index in [9.17, 15) is 4.79 Å². The van der Waals surface area contributed by atoms with E-state index in [1.165, 1.54) is 0 Å². The summed E-state index contributed by atoms with van der Waals surface area (Å²) in [6.07, 6.45) is 2.98. The molecule has 4 rings (SSSR count). The average molecular weight is 324 g/mol. The fourth-order valence-electron chi connectivity index (χ4n) is 3.34. The highest BCUT2D eigenvalue weighted by atomic mass is 16.2. The summed E-state index contributed by atoms with van der Waals surface area (Å²) in [5.74, 6) is 2.50. The predicted octanol–water partition coefficient (Wildman–Crippen LogP) is 2.29. The van der Waals surface area contributed by atoms with Gasteiger partial charge in [-0.15, -0.1) is 0 Å². The average Bonchev–Trinajstić information content (AvgIpc) is 3.30. The van der Waals surface area contributed by atoms with E-state index in [0.29, 0.717) is 12.8 Å². The third-order valence-electron chi connectivity index (χ3n) is 4.50. The molecule has 0 saturated carbocycles. The Morgan fingerprint density at radius 3 is 3.00 bits per heavy atom. The van der Waals surface area contributed by atoms with Gasteiger partial charge in [-0.3, -0.25) is 9.89 Å². The number of carbonyl (C=O) groups excluding carboxylic acids is 1. The second-order valence-corrected chi connectivity index (χ2v) is 6.22. The zero-order valence-electron chi connectivity index (χ0n) is 13.6. The van der Waals surface area contributed by atoms with Crippen LogP contribution in [0.3, 0.4) is 0 Å². The number of hydrogen-bond acceptors (Lipinski definition) is 4. The number of aryl methyl sites for hydroxylation is 2. The van der Waals surface area contributed by atoms with Crippen LogP contribution in [0.15, 0.2) is 24.3 Å². The summed E-state index contributed by atoms with van der Waals surface area (Å²) in [7, 11) is 0. The molecule has 7 nitrogen and oxygen atoms in total. The smallest absolute Gasteiger partial charge is 0.223 e.